The molecule has 3 N–H and O–H groups in total. The zero-order valence-electron chi connectivity index (χ0n) is 16.2. The van der Waals surface area contributed by atoms with E-state index in [4.69, 9.17) is 10.2 Å². The van der Waals surface area contributed by atoms with Crippen LogP contribution in [0.2, 0.25) is 18.1 Å². The molecule has 1 atom stereocenters. The van der Waals surface area contributed by atoms with Crippen LogP contribution in [0.15, 0.2) is 24.3 Å². The Labute approximate surface area is 158 Å². The molecular formula is C18H27F3N2O3Si. The predicted octanol–water partition coefficient (Wildman–Crippen LogP) is 3.70. The summed E-state index contributed by atoms with van der Waals surface area (Å²) in [6.07, 6.45) is -4.29. The van der Waals surface area contributed by atoms with Crippen LogP contribution >= 0.6 is 0 Å². The van der Waals surface area contributed by atoms with Crippen LogP contribution in [0.25, 0.3) is 0 Å². The number of primary amides is 1. The number of carbonyl (C=O) groups is 2. The van der Waals surface area contributed by atoms with Crippen LogP contribution in [-0.4, -0.2) is 32.8 Å². The van der Waals surface area contributed by atoms with Gasteiger partial charge >= 0.3 is 6.18 Å². The summed E-state index contributed by atoms with van der Waals surface area (Å²) in [5.74, 6) is -1.39. The Bertz CT molecular complexity index is 668. The Morgan fingerprint density at radius 3 is 2.07 bits per heavy atom. The second-order valence-electron chi connectivity index (χ2n) is 7.90. The van der Waals surface area contributed by atoms with E-state index in [0.29, 0.717) is 0 Å². The molecule has 27 heavy (non-hydrogen) atoms. The predicted molar refractivity (Wildman–Crippen MR) is 99.7 cm³/mol. The molecule has 9 heteroatoms. The topological polar surface area (TPSA) is 81.4 Å². The molecule has 0 aliphatic carbocycles. The average Bonchev–Trinajstić information content (AvgIpc) is 2.51. The smallest absolute Gasteiger partial charge is 0.416 e. The number of halogens is 3. The SMILES string of the molecule is CC(C)(C)[Si](C)(C)OCC[C@@H](NC(=O)c1ccc(C(F)(F)F)cc1)C(N)=O. The fourth-order valence-corrected chi connectivity index (χ4v) is 3.05. The van der Waals surface area contributed by atoms with Crippen LogP contribution in [0, 0.1) is 0 Å². The van der Waals surface area contributed by atoms with Crippen LogP contribution in [0.3, 0.4) is 0 Å². The highest BCUT2D eigenvalue weighted by Gasteiger charge is 2.37. The lowest BCUT2D eigenvalue weighted by atomic mass is 10.1. The van der Waals surface area contributed by atoms with Gasteiger partial charge in [0.15, 0.2) is 8.32 Å². The van der Waals surface area contributed by atoms with E-state index in [0.717, 1.165) is 24.3 Å². The molecule has 1 rings (SSSR count). The first-order chi connectivity index (χ1) is 12.1. The highest BCUT2D eigenvalue weighted by Crippen LogP contribution is 2.36. The number of hydrogen-bond acceptors (Lipinski definition) is 3. The molecule has 1 aromatic carbocycles. The third kappa shape index (κ3) is 6.66. The fourth-order valence-electron chi connectivity index (χ4n) is 1.99. The zero-order valence-corrected chi connectivity index (χ0v) is 17.2. The lowest BCUT2D eigenvalue weighted by molar-refractivity contribution is -0.137. The molecule has 0 saturated carbocycles. The van der Waals surface area contributed by atoms with E-state index in [2.05, 4.69) is 39.2 Å². The Morgan fingerprint density at radius 2 is 1.67 bits per heavy atom. The second kappa shape index (κ2) is 8.43. The van der Waals surface area contributed by atoms with Crippen molar-refractivity contribution in [3.8, 4) is 0 Å². The van der Waals surface area contributed by atoms with E-state index in [1.54, 1.807) is 0 Å². The Morgan fingerprint density at radius 1 is 1.15 bits per heavy atom. The number of carbonyl (C=O) groups excluding carboxylic acids is 2. The van der Waals surface area contributed by atoms with Crippen LogP contribution in [0.5, 0.6) is 0 Å². The maximum absolute atomic E-state index is 12.6. The molecule has 0 fully saturated rings. The van der Waals surface area contributed by atoms with Crippen LogP contribution < -0.4 is 11.1 Å². The van der Waals surface area contributed by atoms with Crippen molar-refractivity contribution in [3.63, 3.8) is 0 Å². The number of rotatable bonds is 7. The third-order valence-electron chi connectivity index (χ3n) is 4.80. The first-order valence-electron chi connectivity index (χ1n) is 8.56. The van der Waals surface area contributed by atoms with Gasteiger partial charge in [-0.15, -0.1) is 0 Å². The second-order valence-corrected chi connectivity index (χ2v) is 12.7. The van der Waals surface area contributed by atoms with Gasteiger partial charge in [-0.2, -0.15) is 13.2 Å². The largest absolute Gasteiger partial charge is 0.417 e. The van der Waals surface area contributed by atoms with E-state index in [1.165, 1.54) is 0 Å². The van der Waals surface area contributed by atoms with Gasteiger partial charge < -0.3 is 15.5 Å². The first kappa shape index (κ1) is 23.2. The molecular weight excluding hydrogens is 377 g/mol. The molecule has 0 radical (unpaired) electrons. The minimum atomic E-state index is -4.48. The van der Waals surface area contributed by atoms with Crippen molar-refractivity contribution in [2.45, 2.75) is 57.5 Å². The summed E-state index contributed by atoms with van der Waals surface area (Å²) in [6.45, 7) is 10.6. The van der Waals surface area contributed by atoms with Gasteiger partial charge in [0.2, 0.25) is 5.91 Å². The van der Waals surface area contributed by atoms with Crippen LogP contribution in [-0.2, 0) is 15.4 Å². The molecule has 0 aromatic heterocycles. The van der Waals surface area contributed by atoms with E-state index >= 15 is 0 Å². The molecule has 0 spiro atoms. The normalized spacial score (nSPS) is 13.9. The van der Waals surface area contributed by atoms with Gasteiger partial charge in [-0.25, -0.2) is 0 Å². The zero-order chi connectivity index (χ0) is 21.0. The van der Waals surface area contributed by atoms with E-state index in [-0.39, 0.29) is 23.6 Å². The standard InChI is InChI=1S/C18H27F3N2O3Si/c1-17(2,3)27(4,5)26-11-10-14(15(22)24)23-16(25)12-6-8-13(9-7-12)18(19,20)21/h6-9,14H,10-11H2,1-5H3,(H2,22,24)(H,23,25)/t14-/m1/s1. The fraction of sp³-hybridized carbons (Fsp3) is 0.556. The number of nitrogens with one attached hydrogen (secondary N) is 1. The molecule has 0 aliphatic heterocycles. The van der Waals surface area contributed by atoms with Crippen molar-refractivity contribution in [2.75, 3.05) is 6.61 Å². The summed E-state index contributed by atoms with van der Waals surface area (Å²) in [7, 11) is -2.01. The number of alkyl halides is 3. The van der Waals surface area contributed by atoms with Crippen molar-refractivity contribution in [3.05, 3.63) is 35.4 Å². The number of nitrogens with two attached hydrogens (primary N) is 1. The summed E-state index contributed by atoms with van der Waals surface area (Å²) in [5.41, 5.74) is 4.49. The number of benzene rings is 1. The molecule has 0 heterocycles. The molecule has 0 saturated heterocycles. The summed E-state index contributed by atoms with van der Waals surface area (Å²) in [6, 6.07) is 2.78. The quantitative estimate of drug-likeness (QED) is 0.680. The van der Waals surface area contributed by atoms with E-state index in [9.17, 15) is 22.8 Å². The molecule has 1 aromatic rings. The summed E-state index contributed by atoms with van der Waals surface area (Å²) in [5, 5.41) is 2.46. The summed E-state index contributed by atoms with van der Waals surface area (Å²) in [4.78, 5) is 23.8. The number of amides is 2. The van der Waals surface area contributed by atoms with Gasteiger partial charge in [-0.05, 0) is 48.8 Å². The van der Waals surface area contributed by atoms with Crippen molar-refractivity contribution in [2.24, 2.45) is 5.73 Å². The molecule has 152 valence electrons. The van der Waals surface area contributed by atoms with Crippen LogP contribution in [0.4, 0.5) is 13.2 Å². The maximum Gasteiger partial charge on any atom is 0.416 e. The lowest BCUT2D eigenvalue weighted by Crippen LogP contribution is -2.47. The van der Waals surface area contributed by atoms with Gasteiger partial charge in [-0.1, -0.05) is 20.8 Å². The van der Waals surface area contributed by atoms with Gasteiger partial charge in [0.25, 0.3) is 5.91 Å². The minimum absolute atomic E-state index is 0.00129. The maximum atomic E-state index is 12.6. The Hall–Kier alpha value is -1.87. The first-order valence-corrected chi connectivity index (χ1v) is 11.5. The van der Waals surface area contributed by atoms with Gasteiger partial charge in [-0.3, -0.25) is 9.59 Å². The van der Waals surface area contributed by atoms with Crippen LogP contribution in [0.1, 0.15) is 43.1 Å². The Kier molecular flexibility index (Phi) is 7.23. The summed E-state index contributed by atoms with van der Waals surface area (Å²) < 4.78 is 43.7. The number of hydrogen-bond donors (Lipinski definition) is 2. The molecule has 0 bridgehead atoms. The van der Waals surface area contributed by atoms with E-state index < -0.39 is 37.9 Å². The average molecular weight is 405 g/mol. The third-order valence-corrected chi connectivity index (χ3v) is 9.34. The Balaban J connectivity index is 2.72. The highest BCUT2D eigenvalue weighted by atomic mass is 28.4. The molecule has 2 amide bonds. The van der Waals surface area contributed by atoms with Crippen molar-refractivity contribution in [1.29, 1.82) is 0 Å². The van der Waals surface area contributed by atoms with Gasteiger partial charge in [0.05, 0.1) is 5.56 Å². The van der Waals surface area contributed by atoms with Crippen molar-refractivity contribution < 1.29 is 27.2 Å². The monoisotopic (exact) mass is 404 g/mol. The highest BCUT2D eigenvalue weighted by molar-refractivity contribution is 6.74. The van der Waals surface area contributed by atoms with E-state index in [1.807, 2.05) is 0 Å². The molecule has 0 unspecified atom stereocenters. The van der Waals surface area contributed by atoms with Crippen molar-refractivity contribution in [1.82, 2.24) is 5.32 Å². The summed E-state index contributed by atoms with van der Waals surface area (Å²) >= 11 is 0. The van der Waals surface area contributed by atoms with Gasteiger partial charge in [0.1, 0.15) is 6.04 Å². The van der Waals surface area contributed by atoms with Crippen molar-refractivity contribution >= 4 is 20.1 Å². The van der Waals surface area contributed by atoms with Gasteiger partial charge in [0, 0.05) is 12.2 Å². The molecule has 0 aliphatic rings. The lowest BCUT2D eigenvalue weighted by Gasteiger charge is -2.36. The minimum Gasteiger partial charge on any atom is -0.417 e. The molecule has 5 nitrogen and oxygen atoms in total.